The van der Waals surface area contributed by atoms with Crippen LogP contribution in [-0.4, -0.2) is 99.4 Å². The van der Waals surface area contributed by atoms with E-state index in [1.165, 1.54) is 7.11 Å². The van der Waals surface area contributed by atoms with Gasteiger partial charge in [-0.05, 0) is 31.2 Å². The average molecular weight is 447 g/mol. The van der Waals surface area contributed by atoms with Crippen LogP contribution in [0.1, 0.15) is 12.5 Å². The number of esters is 1. The third-order valence-electron chi connectivity index (χ3n) is 5.34. The van der Waals surface area contributed by atoms with Gasteiger partial charge in [0.1, 0.15) is 11.9 Å². The number of cyclic esters (lactones) is 1. The fraction of sp³-hybridized carbons (Fsp3) is 0.524. The van der Waals surface area contributed by atoms with Gasteiger partial charge in [-0.3, -0.25) is 30.2 Å². The van der Waals surface area contributed by atoms with E-state index in [9.17, 15) is 14.4 Å². The number of hydrogen-bond acceptors (Lipinski definition) is 9. The van der Waals surface area contributed by atoms with E-state index in [-0.39, 0.29) is 17.9 Å². The highest BCUT2D eigenvalue weighted by atomic mass is 16.6. The molecule has 0 aromatic heterocycles. The predicted octanol–water partition coefficient (Wildman–Crippen LogP) is 0.874. The van der Waals surface area contributed by atoms with Crippen molar-refractivity contribution in [1.82, 2.24) is 15.1 Å². The second-order valence-electron chi connectivity index (χ2n) is 7.54. The fourth-order valence-electron chi connectivity index (χ4n) is 3.67. The second kappa shape index (κ2) is 10.9. The van der Waals surface area contributed by atoms with Crippen molar-refractivity contribution in [3.8, 4) is 0 Å². The van der Waals surface area contributed by atoms with Gasteiger partial charge >= 0.3 is 18.2 Å². The van der Waals surface area contributed by atoms with Gasteiger partial charge in [-0.1, -0.05) is 0 Å². The predicted molar refractivity (Wildman–Crippen MR) is 116 cm³/mol. The molecule has 11 heteroatoms. The van der Waals surface area contributed by atoms with Crippen molar-refractivity contribution in [2.75, 3.05) is 64.4 Å². The smallest absolute Gasteiger partial charge is 0.414 e. The Balaban J connectivity index is 1.48. The number of anilines is 1. The molecule has 32 heavy (non-hydrogen) atoms. The van der Waals surface area contributed by atoms with Crippen molar-refractivity contribution in [1.29, 1.82) is 5.41 Å². The molecule has 0 radical (unpaired) electrons. The summed E-state index contributed by atoms with van der Waals surface area (Å²) in [6, 6.07) is 6.72. The third kappa shape index (κ3) is 6.17. The van der Waals surface area contributed by atoms with Gasteiger partial charge in [0.2, 0.25) is 0 Å². The standard InChI is InChI=1S/C21H29N5O6/c1-3-31-18(27)14-25-10-8-24(9-11-25)12-17-13-26(21(29)32-17)16-6-4-15(5-7-16)19(22)23-20(28)30-2/h4-7,17H,3,8-14H2,1-2H3,(H2,22,23,28). The number of rotatable bonds is 7. The number of amidine groups is 1. The average Bonchev–Trinajstić information content (AvgIpc) is 3.15. The van der Waals surface area contributed by atoms with Crippen LogP contribution >= 0.6 is 0 Å². The van der Waals surface area contributed by atoms with Crippen LogP contribution in [0.25, 0.3) is 0 Å². The van der Waals surface area contributed by atoms with Crippen LogP contribution in [0.15, 0.2) is 24.3 Å². The Hall–Kier alpha value is -3.18. The van der Waals surface area contributed by atoms with Crippen molar-refractivity contribution in [3.63, 3.8) is 0 Å². The van der Waals surface area contributed by atoms with E-state index in [0.29, 0.717) is 37.5 Å². The van der Waals surface area contributed by atoms with Gasteiger partial charge in [0.15, 0.2) is 0 Å². The van der Waals surface area contributed by atoms with E-state index < -0.39 is 12.2 Å². The molecule has 0 spiro atoms. The Morgan fingerprint density at radius 3 is 2.44 bits per heavy atom. The highest BCUT2D eigenvalue weighted by molar-refractivity contribution is 6.04. The summed E-state index contributed by atoms with van der Waals surface area (Å²) < 4.78 is 15.0. The summed E-state index contributed by atoms with van der Waals surface area (Å²) in [5, 5.41) is 10.2. The molecule has 2 aliphatic rings. The number of benzene rings is 1. The molecule has 0 saturated carbocycles. The third-order valence-corrected chi connectivity index (χ3v) is 5.34. The summed E-state index contributed by atoms with van der Waals surface area (Å²) in [6.45, 7) is 6.64. The second-order valence-corrected chi connectivity index (χ2v) is 7.54. The highest BCUT2D eigenvalue weighted by Crippen LogP contribution is 2.23. The van der Waals surface area contributed by atoms with Crippen molar-refractivity contribution in [3.05, 3.63) is 29.8 Å². The molecule has 2 saturated heterocycles. The SMILES string of the molecule is CCOC(=O)CN1CCN(CC2CN(c3ccc(C(=N)NC(=O)OC)cc3)C(=O)O2)CC1. The van der Waals surface area contributed by atoms with Gasteiger partial charge < -0.3 is 14.2 Å². The van der Waals surface area contributed by atoms with Crippen LogP contribution in [0.3, 0.4) is 0 Å². The first-order valence-corrected chi connectivity index (χ1v) is 10.5. The van der Waals surface area contributed by atoms with E-state index in [2.05, 4.69) is 19.9 Å². The minimum atomic E-state index is -0.716. The van der Waals surface area contributed by atoms with Crippen LogP contribution in [0, 0.1) is 5.41 Å². The lowest BCUT2D eigenvalue weighted by atomic mass is 10.1. The zero-order chi connectivity index (χ0) is 23.1. The number of nitrogens with one attached hydrogen (secondary N) is 2. The van der Waals surface area contributed by atoms with Gasteiger partial charge in [0.25, 0.3) is 0 Å². The van der Waals surface area contributed by atoms with E-state index in [0.717, 1.165) is 26.2 Å². The van der Waals surface area contributed by atoms with E-state index in [4.69, 9.17) is 14.9 Å². The first-order chi connectivity index (χ1) is 15.4. The lowest BCUT2D eigenvalue weighted by molar-refractivity contribution is -0.144. The molecule has 2 heterocycles. The molecule has 3 rings (SSSR count). The lowest BCUT2D eigenvalue weighted by Gasteiger charge is -2.34. The molecule has 2 fully saturated rings. The Morgan fingerprint density at radius 1 is 1.16 bits per heavy atom. The number of piperazine rings is 1. The molecule has 1 atom stereocenters. The van der Waals surface area contributed by atoms with Crippen molar-refractivity contribution in [2.24, 2.45) is 0 Å². The molecule has 2 aliphatic heterocycles. The quantitative estimate of drug-likeness (QED) is 0.273. The number of alkyl carbamates (subject to hydrolysis) is 1. The van der Waals surface area contributed by atoms with E-state index in [1.807, 2.05) is 0 Å². The number of amides is 2. The molecular weight excluding hydrogens is 418 g/mol. The number of nitrogens with zero attached hydrogens (tertiary/aromatic N) is 3. The Morgan fingerprint density at radius 2 is 1.81 bits per heavy atom. The maximum absolute atomic E-state index is 12.4. The maximum Gasteiger partial charge on any atom is 0.414 e. The summed E-state index contributed by atoms with van der Waals surface area (Å²) in [7, 11) is 1.23. The number of ether oxygens (including phenoxy) is 3. The molecule has 2 N–H and O–H groups in total. The van der Waals surface area contributed by atoms with Crippen molar-refractivity contribution < 1.29 is 28.6 Å². The molecule has 1 aromatic carbocycles. The Kier molecular flexibility index (Phi) is 8.01. The maximum atomic E-state index is 12.4. The molecule has 1 unspecified atom stereocenters. The van der Waals surface area contributed by atoms with Crippen molar-refractivity contribution >= 4 is 29.7 Å². The van der Waals surface area contributed by atoms with Crippen molar-refractivity contribution in [2.45, 2.75) is 13.0 Å². The minimum absolute atomic E-state index is 0.0904. The monoisotopic (exact) mass is 447 g/mol. The molecule has 1 aromatic rings. The topological polar surface area (TPSA) is 125 Å². The lowest BCUT2D eigenvalue weighted by Crippen LogP contribution is -2.50. The number of methoxy groups -OCH3 is 1. The first-order valence-electron chi connectivity index (χ1n) is 10.5. The number of carbonyl (C=O) groups is 3. The zero-order valence-corrected chi connectivity index (χ0v) is 18.3. The van der Waals surface area contributed by atoms with Gasteiger partial charge in [-0.2, -0.15) is 0 Å². The van der Waals surface area contributed by atoms with Gasteiger partial charge in [-0.15, -0.1) is 0 Å². The van der Waals surface area contributed by atoms with E-state index >= 15 is 0 Å². The first kappa shape index (κ1) is 23.5. The molecule has 174 valence electrons. The number of hydrogen-bond donors (Lipinski definition) is 2. The summed E-state index contributed by atoms with van der Waals surface area (Å²) >= 11 is 0. The zero-order valence-electron chi connectivity index (χ0n) is 18.3. The summed E-state index contributed by atoms with van der Waals surface area (Å²) in [4.78, 5) is 41.1. The normalized spacial score (nSPS) is 19.4. The van der Waals surface area contributed by atoms with Gasteiger partial charge in [-0.25, -0.2) is 9.59 Å². The van der Waals surface area contributed by atoms with Gasteiger partial charge in [0.05, 0.1) is 26.8 Å². The van der Waals surface area contributed by atoms with Gasteiger partial charge in [0, 0.05) is 44.0 Å². The van der Waals surface area contributed by atoms with Crippen LogP contribution in [-0.2, 0) is 19.0 Å². The Bertz CT molecular complexity index is 838. The molecular formula is C21H29N5O6. The molecule has 0 bridgehead atoms. The fourth-order valence-corrected chi connectivity index (χ4v) is 3.67. The summed E-state index contributed by atoms with van der Waals surface area (Å²) in [5.74, 6) is -0.295. The highest BCUT2D eigenvalue weighted by Gasteiger charge is 2.34. The summed E-state index contributed by atoms with van der Waals surface area (Å²) in [6.07, 6.45) is -1.38. The van der Waals surface area contributed by atoms with E-state index in [1.54, 1.807) is 36.1 Å². The summed E-state index contributed by atoms with van der Waals surface area (Å²) in [5.41, 5.74) is 1.15. The van der Waals surface area contributed by atoms with Crippen LogP contribution in [0.4, 0.5) is 15.3 Å². The van der Waals surface area contributed by atoms with Crippen LogP contribution in [0.2, 0.25) is 0 Å². The number of carbonyl (C=O) groups excluding carboxylic acids is 3. The Labute approximate surface area is 186 Å². The molecule has 11 nitrogen and oxygen atoms in total. The molecule has 2 amide bonds. The largest absolute Gasteiger partial charge is 0.465 e. The van der Waals surface area contributed by atoms with Crippen LogP contribution < -0.4 is 10.2 Å². The van der Waals surface area contributed by atoms with Crippen LogP contribution in [0.5, 0.6) is 0 Å². The minimum Gasteiger partial charge on any atom is -0.465 e. The molecule has 0 aliphatic carbocycles.